The van der Waals surface area contributed by atoms with Crippen molar-refractivity contribution in [2.24, 2.45) is 0 Å². The Bertz CT molecular complexity index is 850. The number of piperazine rings is 1. The van der Waals surface area contributed by atoms with Crippen LogP contribution in [0, 0.1) is 12.7 Å². The fourth-order valence-corrected chi connectivity index (χ4v) is 3.81. The molecule has 2 aliphatic rings. The van der Waals surface area contributed by atoms with Gasteiger partial charge in [0.15, 0.2) is 5.82 Å². The van der Waals surface area contributed by atoms with Gasteiger partial charge >= 0.3 is 5.69 Å². The monoisotopic (exact) mass is 318 g/mol. The van der Waals surface area contributed by atoms with E-state index < -0.39 is 5.69 Å². The van der Waals surface area contributed by atoms with E-state index in [9.17, 15) is 9.18 Å². The maximum absolute atomic E-state index is 14.6. The van der Waals surface area contributed by atoms with Crippen LogP contribution in [-0.4, -0.2) is 58.6 Å². The molecule has 2 atom stereocenters. The number of nitrogens with one attached hydrogen (secondary N) is 2. The molecule has 1 saturated heterocycles. The molecule has 8 heteroatoms. The van der Waals surface area contributed by atoms with E-state index in [0.29, 0.717) is 29.1 Å². The van der Waals surface area contributed by atoms with Gasteiger partial charge in [-0.2, -0.15) is 4.98 Å². The van der Waals surface area contributed by atoms with Gasteiger partial charge in [0.2, 0.25) is 0 Å². The zero-order valence-electron chi connectivity index (χ0n) is 13.4. The van der Waals surface area contributed by atoms with Gasteiger partial charge in [-0.1, -0.05) is 0 Å². The smallest absolute Gasteiger partial charge is 0.348 e. The average Bonchev–Trinajstić information content (AvgIpc) is 2.62. The Labute approximate surface area is 132 Å². The molecule has 4 rings (SSSR count). The summed E-state index contributed by atoms with van der Waals surface area (Å²) in [5.41, 5.74) is 0.574. The molecule has 23 heavy (non-hydrogen) atoms. The maximum Gasteiger partial charge on any atom is 0.348 e. The molecule has 0 radical (unpaired) electrons. The molecule has 2 aliphatic heterocycles. The van der Waals surface area contributed by atoms with E-state index in [0.717, 1.165) is 13.1 Å². The molecule has 2 N–H and O–H groups in total. The van der Waals surface area contributed by atoms with Gasteiger partial charge in [0.25, 0.3) is 0 Å². The van der Waals surface area contributed by atoms with E-state index in [4.69, 9.17) is 0 Å². The Balaban J connectivity index is 2.04. The van der Waals surface area contributed by atoms with E-state index in [1.54, 1.807) is 6.92 Å². The molecule has 0 spiro atoms. The summed E-state index contributed by atoms with van der Waals surface area (Å²) in [5.74, 6) is 0.147. The molecular formula is C15H19FN6O. The molecule has 2 unspecified atom stereocenters. The van der Waals surface area contributed by atoms with Crippen molar-refractivity contribution in [3.8, 4) is 0 Å². The summed E-state index contributed by atoms with van der Waals surface area (Å²) in [6, 6.07) is 0.293. The van der Waals surface area contributed by atoms with Crippen LogP contribution in [0.5, 0.6) is 0 Å². The molecule has 7 nitrogen and oxygen atoms in total. The Kier molecular flexibility index (Phi) is 3.06. The number of anilines is 2. The van der Waals surface area contributed by atoms with Crippen molar-refractivity contribution in [2.45, 2.75) is 25.9 Å². The molecule has 2 aromatic rings. The van der Waals surface area contributed by atoms with Gasteiger partial charge in [0.1, 0.15) is 11.5 Å². The standard InChI is InChI=1S/C15H19FN6O/c1-7-5-21(3)6-9-4-17-12-10-13(18-8(2)11(12)16)19-15(23)20-14(10)22(7)9/h7,9,17H,4-6H2,1-3H3,(H,18,19,20,23). The Hall–Kier alpha value is -2.22. The fraction of sp³-hybridized carbons (Fsp3) is 0.533. The lowest BCUT2D eigenvalue weighted by Gasteiger charge is -2.44. The van der Waals surface area contributed by atoms with Crippen LogP contribution < -0.4 is 15.9 Å². The fourth-order valence-electron chi connectivity index (χ4n) is 3.81. The minimum atomic E-state index is -0.455. The highest BCUT2D eigenvalue weighted by Crippen LogP contribution is 2.37. The van der Waals surface area contributed by atoms with Crippen molar-refractivity contribution in [3.63, 3.8) is 0 Å². The van der Waals surface area contributed by atoms with Gasteiger partial charge in [-0.05, 0) is 20.9 Å². The SMILES string of the molecule is Cc1nc2[nH]c(=O)nc3c2c(c1F)NCC1CN(C)CC(C)N31. The van der Waals surface area contributed by atoms with Crippen molar-refractivity contribution >= 4 is 22.5 Å². The number of aromatic amines is 1. The molecule has 0 aromatic carbocycles. The van der Waals surface area contributed by atoms with Gasteiger partial charge < -0.3 is 15.1 Å². The quantitative estimate of drug-likeness (QED) is 0.745. The lowest BCUT2D eigenvalue weighted by atomic mass is 10.1. The van der Waals surface area contributed by atoms with Crippen LogP contribution in [0.25, 0.3) is 11.0 Å². The van der Waals surface area contributed by atoms with Crippen LogP contribution >= 0.6 is 0 Å². The summed E-state index contributed by atoms with van der Waals surface area (Å²) in [5, 5.41) is 3.77. The minimum Gasteiger partial charge on any atom is -0.380 e. The molecule has 2 aromatic heterocycles. The Morgan fingerprint density at radius 2 is 2.09 bits per heavy atom. The van der Waals surface area contributed by atoms with E-state index in [2.05, 4.69) is 44.0 Å². The molecule has 4 heterocycles. The number of H-pyrrole nitrogens is 1. The van der Waals surface area contributed by atoms with Crippen molar-refractivity contribution in [1.29, 1.82) is 0 Å². The first-order valence-corrected chi connectivity index (χ1v) is 7.76. The van der Waals surface area contributed by atoms with Crippen molar-refractivity contribution in [2.75, 3.05) is 36.9 Å². The zero-order valence-corrected chi connectivity index (χ0v) is 13.4. The summed E-state index contributed by atoms with van der Waals surface area (Å²) >= 11 is 0. The molecule has 1 fully saturated rings. The third kappa shape index (κ3) is 2.08. The minimum absolute atomic E-state index is 0.119. The number of hydrogen-bond donors (Lipinski definition) is 2. The van der Waals surface area contributed by atoms with Gasteiger partial charge in [-0.15, -0.1) is 0 Å². The number of hydrogen-bond acceptors (Lipinski definition) is 6. The molecule has 122 valence electrons. The van der Waals surface area contributed by atoms with Crippen molar-refractivity contribution < 1.29 is 4.39 Å². The van der Waals surface area contributed by atoms with Gasteiger partial charge in [-0.3, -0.25) is 4.98 Å². The highest BCUT2D eigenvalue weighted by molar-refractivity contribution is 5.99. The molecule has 0 bridgehead atoms. The van der Waals surface area contributed by atoms with E-state index in [-0.39, 0.29) is 23.6 Å². The third-order valence-electron chi connectivity index (χ3n) is 4.69. The van der Waals surface area contributed by atoms with E-state index in [1.807, 2.05) is 0 Å². The maximum atomic E-state index is 14.6. The number of halogens is 1. The average molecular weight is 318 g/mol. The van der Waals surface area contributed by atoms with Crippen LogP contribution in [0.2, 0.25) is 0 Å². The first-order chi connectivity index (χ1) is 11.0. The van der Waals surface area contributed by atoms with E-state index >= 15 is 0 Å². The number of pyridine rings is 1. The first-order valence-electron chi connectivity index (χ1n) is 7.76. The summed E-state index contributed by atoms with van der Waals surface area (Å²) < 4.78 is 14.6. The second-order valence-corrected chi connectivity index (χ2v) is 6.49. The van der Waals surface area contributed by atoms with Crippen LogP contribution in [0.1, 0.15) is 12.6 Å². The second-order valence-electron chi connectivity index (χ2n) is 6.49. The van der Waals surface area contributed by atoms with Gasteiger partial charge in [0.05, 0.1) is 22.8 Å². The van der Waals surface area contributed by atoms with Crippen molar-refractivity contribution in [3.05, 3.63) is 22.0 Å². The van der Waals surface area contributed by atoms with Crippen LogP contribution in [0.15, 0.2) is 4.79 Å². The summed E-state index contributed by atoms with van der Waals surface area (Å²) in [4.78, 5) is 27.4. The number of aromatic nitrogens is 3. The lowest BCUT2D eigenvalue weighted by molar-refractivity contribution is 0.236. The Morgan fingerprint density at radius 3 is 2.87 bits per heavy atom. The summed E-state index contributed by atoms with van der Waals surface area (Å²) in [6.45, 7) is 5.98. The number of likely N-dealkylation sites (N-methyl/N-ethyl adjacent to an activating group) is 1. The molecule has 0 aliphatic carbocycles. The first kappa shape index (κ1) is 14.4. The van der Waals surface area contributed by atoms with Crippen LogP contribution in [-0.2, 0) is 0 Å². The molecule has 0 saturated carbocycles. The van der Waals surface area contributed by atoms with Crippen LogP contribution in [0.4, 0.5) is 15.9 Å². The van der Waals surface area contributed by atoms with Gasteiger partial charge in [-0.25, -0.2) is 14.2 Å². The molecular weight excluding hydrogens is 299 g/mol. The van der Waals surface area contributed by atoms with Gasteiger partial charge in [0, 0.05) is 25.7 Å². The molecule has 0 amide bonds. The summed E-state index contributed by atoms with van der Waals surface area (Å²) in [6.07, 6.45) is 0. The highest BCUT2D eigenvalue weighted by atomic mass is 19.1. The number of fused-ring (bicyclic) bond motifs is 2. The second kappa shape index (κ2) is 4.89. The third-order valence-corrected chi connectivity index (χ3v) is 4.69. The summed E-state index contributed by atoms with van der Waals surface area (Å²) in [7, 11) is 2.07. The van der Waals surface area contributed by atoms with E-state index in [1.165, 1.54) is 0 Å². The lowest BCUT2D eigenvalue weighted by Crippen LogP contribution is -2.59. The zero-order chi connectivity index (χ0) is 16.3. The van der Waals surface area contributed by atoms with Crippen LogP contribution in [0.3, 0.4) is 0 Å². The predicted octanol–water partition coefficient (Wildman–Crippen LogP) is 0.700. The normalized spacial score (nSPS) is 24.3. The highest BCUT2D eigenvalue weighted by Gasteiger charge is 2.36. The predicted molar refractivity (Wildman–Crippen MR) is 86.6 cm³/mol. The Morgan fingerprint density at radius 1 is 1.30 bits per heavy atom. The number of aryl methyl sites for hydroxylation is 1. The number of nitrogens with zero attached hydrogens (tertiary/aromatic N) is 4. The topological polar surface area (TPSA) is 77.1 Å². The largest absolute Gasteiger partial charge is 0.380 e. The van der Waals surface area contributed by atoms with Crippen molar-refractivity contribution in [1.82, 2.24) is 19.9 Å². The number of rotatable bonds is 0.